The van der Waals surface area contributed by atoms with Gasteiger partial charge in [0.15, 0.2) is 0 Å². The number of benzene rings is 1. The third-order valence-corrected chi connectivity index (χ3v) is 4.81. The van der Waals surface area contributed by atoms with Crippen LogP contribution < -0.4 is 4.74 Å². The summed E-state index contributed by atoms with van der Waals surface area (Å²) < 4.78 is 5.61. The molecule has 2 nitrogen and oxygen atoms in total. The average Bonchev–Trinajstić information content (AvgIpc) is 3.08. The van der Waals surface area contributed by atoms with Crippen LogP contribution in [0.2, 0.25) is 0 Å². The van der Waals surface area contributed by atoms with Crippen molar-refractivity contribution < 1.29 is 4.74 Å². The highest BCUT2D eigenvalue weighted by Crippen LogP contribution is 2.37. The number of aryl methyl sites for hydroxylation is 1. The molecule has 1 aliphatic rings. The summed E-state index contributed by atoms with van der Waals surface area (Å²) in [6.07, 6.45) is 5.90. The number of ether oxygens (including phenoxy) is 1. The van der Waals surface area contributed by atoms with Crippen molar-refractivity contribution in [3.63, 3.8) is 0 Å². The summed E-state index contributed by atoms with van der Waals surface area (Å²) in [5, 5.41) is 0. The molecule has 0 saturated carbocycles. The van der Waals surface area contributed by atoms with Gasteiger partial charge in [-0.2, -0.15) is 0 Å². The molecule has 0 bridgehead atoms. The van der Waals surface area contributed by atoms with Crippen LogP contribution in [0.25, 0.3) is 16.7 Å². The van der Waals surface area contributed by atoms with E-state index in [-0.39, 0.29) is 5.41 Å². The fourth-order valence-electron chi connectivity index (χ4n) is 3.31. The normalized spacial score (nSPS) is 14.6. The van der Waals surface area contributed by atoms with E-state index in [0.717, 1.165) is 34.7 Å². The molecule has 0 amide bonds. The molecule has 1 aliphatic carbocycles. The molecule has 0 saturated heterocycles. The van der Waals surface area contributed by atoms with Crippen LogP contribution in [-0.4, -0.2) is 12.1 Å². The smallest absolute Gasteiger partial charge is 0.126 e. The van der Waals surface area contributed by atoms with E-state index in [4.69, 9.17) is 9.72 Å². The lowest BCUT2D eigenvalue weighted by molar-refractivity contribution is 0.416. The van der Waals surface area contributed by atoms with Crippen molar-refractivity contribution in [1.29, 1.82) is 0 Å². The van der Waals surface area contributed by atoms with Gasteiger partial charge in [-0.05, 0) is 60.9 Å². The van der Waals surface area contributed by atoms with Crippen LogP contribution in [0.4, 0.5) is 0 Å². The van der Waals surface area contributed by atoms with E-state index in [0.29, 0.717) is 0 Å². The highest BCUT2D eigenvalue weighted by molar-refractivity contribution is 5.75. The van der Waals surface area contributed by atoms with Gasteiger partial charge in [0.05, 0.1) is 12.8 Å². The first kappa shape index (κ1) is 16.8. The van der Waals surface area contributed by atoms with Crippen LogP contribution >= 0.6 is 0 Å². The Morgan fingerprint density at radius 3 is 2.42 bits per heavy atom. The lowest BCUT2D eigenvalue weighted by Crippen LogP contribution is -2.11. The van der Waals surface area contributed by atoms with Crippen molar-refractivity contribution in [2.24, 2.45) is 0 Å². The van der Waals surface area contributed by atoms with Crippen molar-refractivity contribution in [2.75, 3.05) is 7.11 Å². The summed E-state index contributed by atoms with van der Waals surface area (Å²) in [7, 11) is 1.73. The first-order valence-electron chi connectivity index (χ1n) is 8.76. The molecule has 0 radical (unpaired) electrons. The second kappa shape index (κ2) is 6.43. The van der Waals surface area contributed by atoms with Crippen LogP contribution in [0.5, 0.6) is 5.75 Å². The Hall–Kier alpha value is -2.09. The highest BCUT2D eigenvalue weighted by atomic mass is 16.5. The second-order valence-electron chi connectivity index (χ2n) is 7.62. The number of rotatable bonds is 3. The maximum absolute atomic E-state index is 5.61. The van der Waals surface area contributed by atoms with Crippen LogP contribution in [0.15, 0.2) is 36.4 Å². The van der Waals surface area contributed by atoms with Gasteiger partial charge in [-0.1, -0.05) is 39.0 Å². The van der Waals surface area contributed by atoms with Crippen molar-refractivity contribution in [3.05, 3.63) is 53.4 Å². The van der Waals surface area contributed by atoms with Crippen LogP contribution in [0.3, 0.4) is 0 Å². The number of aromatic nitrogens is 1. The molecule has 1 aromatic carbocycles. The van der Waals surface area contributed by atoms with Gasteiger partial charge in [0.25, 0.3) is 0 Å². The van der Waals surface area contributed by atoms with E-state index in [1.165, 1.54) is 24.0 Å². The molecule has 0 N–H and O–H groups in total. The summed E-state index contributed by atoms with van der Waals surface area (Å²) in [6, 6.07) is 10.8. The third kappa shape index (κ3) is 3.24. The zero-order valence-electron chi connectivity index (χ0n) is 15.4. The Kier molecular flexibility index (Phi) is 4.49. The monoisotopic (exact) mass is 321 g/mol. The molecule has 126 valence electrons. The number of pyridine rings is 1. The molecule has 24 heavy (non-hydrogen) atoms. The van der Waals surface area contributed by atoms with Gasteiger partial charge in [-0.25, -0.2) is 0 Å². The minimum atomic E-state index is 0.108. The molecule has 0 aliphatic heterocycles. The molecule has 1 aromatic heterocycles. The van der Waals surface area contributed by atoms with E-state index in [2.05, 4.69) is 64.1 Å². The molecular weight excluding hydrogens is 294 g/mol. The molecule has 2 heteroatoms. The Labute approximate surface area is 145 Å². The van der Waals surface area contributed by atoms with Crippen LogP contribution in [0, 0.1) is 6.92 Å². The van der Waals surface area contributed by atoms with E-state index in [9.17, 15) is 0 Å². The van der Waals surface area contributed by atoms with Gasteiger partial charge in [0.1, 0.15) is 5.75 Å². The summed E-state index contributed by atoms with van der Waals surface area (Å²) in [6.45, 7) is 8.80. The molecule has 0 spiro atoms. The quantitative estimate of drug-likeness (QED) is 0.699. The van der Waals surface area contributed by atoms with Crippen molar-refractivity contribution in [1.82, 2.24) is 4.98 Å². The molecular formula is C22H27NO. The van der Waals surface area contributed by atoms with Gasteiger partial charge in [-0.15, -0.1) is 0 Å². The topological polar surface area (TPSA) is 22.1 Å². The predicted octanol–water partition coefficient (Wildman–Crippen LogP) is 5.93. The van der Waals surface area contributed by atoms with Crippen LogP contribution in [-0.2, 0) is 5.41 Å². The van der Waals surface area contributed by atoms with Gasteiger partial charge in [0, 0.05) is 16.8 Å². The Morgan fingerprint density at radius 2 is 1.83 bits per heavy atom. The van der Waals surface area contributed by atoms with Gasteiger partial charge >= 0.3 is 0 Å². The second-order valence-corrected chi connectivity index (χ2v) is 7.62. The maximum Gasteiger partial charge on any atom is 0.126 e. The molecule has 3 rings (SSSR count). The minimum Gasteiger partial charge on any atom is -0.496 e. The molecule has 1 heterocycles. The third-order valence-electron chi connectivity index (χ3n) is 4.81. The first-order valence-corrected chi connectivity index (χ1v) is 8.76. The zero-order chi connectivity index (χ0) is 17.3. The predicted molar refractivity (Wildman–Crippen MR) is 101 cm³/mol. The van der Waals surface area contributed by atoms with Crippen molar-refractivity contribution in [3.8, 4) is 16.9 Å². The average molecular weight is 321 g/mol. The van der Waals surface area contributed by atoms with Crippen molar-refractivity contribution >= 4 is 5.57 Å². The minimum absolute atomic E-state index is 0.108. The summed E-state index contributed by atoms with van der Waals surface area (Å²) >= 11 is 0. The van der Waals surface area contributed by atoms with Gasteiger partial charge < -0.3 is 4.74 Å². The van der Waals surface area contributed by atoms with Gasteiger partial charge in [-0.3, -0.25) is 4.98 Å². The Balaban J connectivity index is 2.07. The van der Waals surface area contributed by atoms with E-state index in [1.807, 2.05) is 0 Å². The lowest BCUT2D eigenvalue weighted by Gasteiger charge is -2.21. The highest BCUT2D eigenvalue weighted by Gasteiger charge is 2.18. The van der Waals surface area contributed by atoms with Crippen LogP contribution in [0.1, 0.15) is 57.0 Å². The SMILES string of the molecule is COc1ccc(C(C)(C)C)cc1-c1ccc(C2=CCCC2)nc1C. The number of hydrogen-bond donors (Lipinski definition) is 0. The Bertz CT molecular complexity index is 781. The molecule has 0 fully saturated rings. The van der Waals surface area contributed by atoms with E-state index in [1.54, 1.807) is 7.11 Å². The fourth-order valence-corrected chi connectivity index (χ4v) is 3.31. The Morgan fingerprint density at radius 1 is 1.04 bits per heavy atom. The molecule has 0 unspecified atom stereocenters. The summed E-state index contributed by atoms with van der Waals surface area (Å²) in [5.74, 6) is 0.903. The molecule has 0 atom stereocenters. The largest absolute Gasteiger partial charge is 0.496 e. The molecule has 2 aromatic rings. The number of allylic oxidation sites excluding steroid dienone is 2. The number of hydrogen-bond acceptors (Lipinski definition) is 2. The fraction of sp³-hybridized carbons (Fsp3) is 0.409. The standard InChI is InChI=1S/C22H27NO/c1-15-18(11-12-20(23-15)16-8-6-7-9-16)19-14-17(22(2,3)4)10-13-21(19)24-5/h8,10-14H,6-7,9H2,1-5H3. The number of methoxy groups -OCH3 is 1. The van der Waals surface area contributed by atoms with E-state index < -0.39 is 0 Å². The first-order chi connectivity index (χ1) is 11.4. The maximum atomic E-state index is 5.61. The van der Waals surface area contributed by atoms with E-state index >= 15 is 0 Å². The summed E-state index contributed by atoms with van der Waals surface area (Å²) in [4.78, 5) is 4.87. The number of nitrogens with zero attached hydrogens (tertiary/aromatic N) is 1. The summed E-state index contributed by atoms with van der Waals surface area (Å²) in [5.41, 5.74) is 7.27. The lowest BCUT2D eigenvalue weighted by atomic mass is 9.85. The zero-order valence-corrected chi connectivity index (χ0v) is 15.4. The van der Waals surface area contributed by atoms with Gasteiger partial charge in [0.2, 0.25) is 0 Å². The van der Waals surface area contributed by atoms with Crippen molar-refractivity contribution in [2.45, 2.75) is 52.4 Å².